The molecule has 0 aliphatic carbocycles. The van der Waals surface area contributed by atoms with E-state index in [9.17, 15) is 4.79 Å². The van der Waals surface area contributed by atoms with Gasteiger partial charge in [0.2, 0.25) is 0 Å². The van der Waals surface area contributed by atoms with Gasteiger partial charge in [0.25, 0.3) is 5.91 Å². The lowest BCUT2D eigenvalue weighted by Gasteiger charge is -2.19. The molecule has 0 aliphatic rings. The number of rotatable bonds is 5. The van der Waals surface area contributed by atoms with Gasteiger partial charge in [-0.3, -0.25) is 14.8 Å². The van der Waals surface area contributed by atoms with Crippen molar-refractivity contribution in [1.82, 2.24) is 15.3 Å². The van der Waals surface area contributed by atoms with Crippen LogP contribution >= 0.6 is 0 Å². The van der Waals surface area contributed by atoms with E-state index in [1.807, 2.05) is 24.3 Å². The smallest absolute Gasteiger partial charge is 0.253 e. The second-order valence-corrected chi connectivity index (χ2v) is 7.46. The molecule has 0 radical (unpaired) electrons. The van der Waals surface area contributed by atoms with Crippen molar-refractivity contribution in [3.05, 3.63) is 83.9 Å². The fourth-order valence-electron chi connectivity index (χ4n) is 2.64. The SMILES string of the molecule is CC(C)(C)c1ccc(Nc2cncc(C(=O)NCc3cccnc3)c2)cc1. The summed E-state index contributed by atoms with van der Waals surface area (Å²) in [6.45, 7) is 6.99. The molecule has 5 nitrogen and oxygen atoms in total. The molecular weight excluding hydrogens is 336 g/mol. The van der Waals surface area contributed by atoms with Crippen molar-refractivity contribution in [1.29, 1.82) is 0 Å². The van der Waals surface area contributed by atoms with E-state index in [2.05, 4.69) is 53.5 Å². The molecule has 1 aromatic carbocycles. The van der Waals surface area contributed by atoms with Gasteiger partial charge in [0.15, 0.2) is 0 Å². The van der Waals surface area contributed by atoms with Gasteiger partial charge in [0.05, 0.1) is 17.4 Å². The number of hydrogen-bond acceptors (Lipinski definition) is 4. The Morgan fingerprint density at radius 1 is 0.963 bits per heavy atom. The highest BCUT2D eigenvalue weighted by Gasteiger charge is 2.13. The first-order valence-electron chi connectivity index (χ1n) is 8.91. The van der Waals surface area contributed by atoms with Gasteiger partial charge in [0, 0.05) is 30.8 Å². The first kappa shape index (κ1) is 18.6. The Morgan fingerprint density at radius 2 is 1.74 bits per heavy atom. The molecule has 5 heteroatoms. The highest BCUT2D eigenvalue weighted by atomic mass is 16.1. The molecule has 0 unspecified atom stereocenters. The summed E-state index contributed by atoms with van der Waals surface area (Å²) >= 11 is 0. The standard InChI is InChI=1S/C22H24N4O/c1-22(2,3)18-6-8-19(9-7-18)26-20-11-17(14-24-15-20)21(27)25-13-16-5-4-10-23-12-16/h4-12,14-15,26H,13H2,1-3H3,(H,25,27). The summed E-state index contributed by atoms with van der Waals surface area (Å²) in [7, 11) is 0. The van der Waals surface area contributed by atoms with Crippen LogP contribution in [0.4, 0.5) is 11.4 Å². The van der Waals surface area contributed by atoms with Gasteiger partial charge in [-0.05, 0) is 40.8 Å². The minimum Gasteiger partial charge on any atom is -0.354 e. The molecule has 0 saturated carbocycles. The highest BCUT2D eigenvalue weighted by Crippen LogP contribution is 2.25. The molecule has 0 atom stereocenters. The molecule has 0 spiro atoms. The zero-order chi connectivity index (χ0) is 19.3. The van der Waals surface area contributed by atoms with Gasteiger partial charge in [-0.15, -0.1) is 0 Å². The van der Waals surface area contributed by atoms with E-state index in [-0.39, 0.29) is 11.3 Å². The summed E-state index contributed by atoms with van der Waals surface area (Å²) in [6, 6.07) is 13.9. The molecule has 2 aromatic heterocycles. The Balaban J connectivity index is 1.65. The zero-order valence-electron chi connectivity index (χ0n) is 15.9. The fraction of sp³-hybridized carbons (Fsp3) is 0.227. The van der Waals surface area contributed by atoms with Crippen molar-refractivity contribution in [3.63, 3.8) is 0 Å². The topological polar surface area (TPSA) is 66.9 Å². The molecule has 3 aromatic rings. The van der Waals surface area contributed by atoms with E-state index in [1.54, 1.807) is 30.9 Å². The molecule has 1 amide bonds. The molecule has 3 rings (SSSR count). The number of hydrogen-bond donors (Lipinski definition) is 2. The normalized spacial score (nSPS) is 11.1. The number of aromatic nitrogens is 2. The van der Waals surface area contributed by atoms with E-state index in [1.165, 1.54) is 5.56 Å². The lowest BCUT2D eigenvalue weighted by molar-refractivity contribution is 0.0950. The van der Waals surface area contributed by atoms with Crippen LogP contribution in [-0.4, -0.2) is 15.9 Å². The fourth-order valence-corrected chi connectivity index (χ4v) is 2.64. The van der Waals surface area contributed by atoms with Gasteiger partial charge in [-0.1, -0.05) is 39.0 Å². The third kappa shape index (κ3) is 5.14. The Bertz CT molecular complexity index is 900. The van der Waals surface area contributed by atoms with Crippen LogP contribution in [0.3, 0.4) is 0 Å². The first-order valence-corrected chi connectivity index (χ1v) is 8.91. The molecule has 2 N–H and O–H groups in total. The van der Waals surface area contributed by atoms with Gasteiger partial charge in [-0.25, -0.2) is 0 Å². The monoisotopic (exact) mass is 360 g/mol. The average Bonchev–Trinajstić information content (AvgIpc) is 2.67. The van der Waals surface area contributed by atoms with E-state index in [4.69, 9.17) is 0 Å². The Hall–Kier alpha value is -3.21. The van der Waals surface area contributed by atoms with Crippen LogP contribution in [0.15, 0.2) is 67.3 Å². The van der Waals surface area contributed by atoms with Crippen LogP contribution in [0.1, 0.15) is 42.3 Å². The van der Waals surface area contributed by atoms with Gasteiger partial charge < -0.3 is 10.6 Å². The van der Waals surface area contributed by atoms with E-state index in [0.717, 1.165) is 16.9 Å². The Labute approximate surface area is 159 Å². The second-order valence-electron chi connectivity index (χ2n) is 7.46. The van der Waals surface area contributed by atoms with Crippen LogP contribution in [0.25, 0.3) is 0 Å². The van der Waals surface area contributed by atoms with Crippen molar-refractivity contribution in [3.8, 4) is 0 Å². The maximum Gasteiger partial charge on any atom is 0.253 e. The Kier molecular flexibility index (Phi) is 5.50. The summed E-state index contributed by atoms with van der Waals surface area (Å²) in [5, 5.41) is 6.18. The number of benzene rings is 1. The van der Waals surface area contributed by atoms with Crippen molar-refractivity contribution in [2.75, 3.05) is 5.32 Å². The van der Waals surface area contributed by atoms with Crippen molar-refractivity contribution < 1.29 is 4.79 Å². The summed E-state index contributed by atoms with van der Waals surface area (Å²) in [5.41, 5.74) is 4.58. The predicted molar refractivity (Wildman–Crippen MR) is 108 cm³/mol. The van der Waals surface area contributed by atoms with Crippen molar-refractivity contribution in [2.24, 2.45) is 0 Å². The number of amides is 1. The van der Waals surface area contributed by atoms with Gasteiger partial charge in [0.1, 0.15) is 0 Å². The first-order chi connectivity index (χ1) is 12.9. The quantitative estimate of drug-likeness (QED) is 0.705. The third-order valence-corrected chi connectivity index (χ3v) is 4.22. The van der Waals surface area contributed by atoms with E-state index < -0.39 is 0 Å². The van der Waals surface area contributed by atoms with Gasteiger partial charge in [-0.2, -0.15) is 0 Å². The maximum atomic E-state index is 12.4. The minimum atomic E-state index is -0.168. The summed E-state index contributed by atoms with van der Waals surface area (Å²) < 4.78 is 0. The van der Waals surface area contributed by atoms with Crippen LogP contribution in [0, 0.1) is 0 Å². The average molecular weight is 360 g/mol. The second kappa shape index (κ2) is 7.99. The van der Waals surface area contributed by atoms with Crippen LogP contribution < -0.4 is 10.6 Å². The Morgan fingerprint density at radius 3 is 2.41 bits per heavy atom. The lowest BCUT2D eigenvalue weighted by atomic mass is 9.87. The van der Waals surface area contributed by atoms with Crippen LogP contribution in [0.5, 0.6) is 0 Å². The van der Waals surface area contributed by atoms with Crippen molar-refractivity contribution >= 4 is 17.3 Å². The van der Waals surface area contributed by atoms with Crippen LogP contribution in [0.2, 0.25) is 0 Å². The molecule has 0 saturated heterocycles. The lowest BCUT2D eigenvalue weighted by Crippen LogP contribution is -2.23. The third-order valence-electron chi connectivity index (χ3n) is 4.22. The highest BCUT2D eigenvalue weighted by molar-refractivity contribution is 5.94. The number of carbonyl (C=O) groups is 1. The number of anilines is 2. The minimum absolute atomic E-state index is 0.117. The van der Waals surface area contributed by atoms with E-state index >= 15 is 0 Å². The van der Waals surface area contributed by atoms with Crippen molar-refractivity contribution in [2.45, 2.75) is 32.7 Å². The summed E-state index contributed by atoms with van der Waals surface area (Å²) in [6.07, 6.45) is 6.71. The molecule has 27 heavy (non-hydrogen) atoms. The largest absolute Gasteiger partial charge is 0.354 e. The number of nitrogens with one attached hydrogen (secondary N) is 2. The zero-order valence-corrected chi connectivity index (χ0v) is 15.9. The predicted octanol–water partition coefficient (Wildman–Crippen LogP) is 4.45. The molecule has 138 valence electrons. The maximum absolute atomic E-state index is 12.4. The summed E-state index contributed by atoms with van der Waals surface area (Å²) in [4.78, 5) is 20.6. The number of pyridine rings is 2. The molecular formula is C22H24N4O. The molecule has 0 bridgehead atoms. The molecule has 0 aliphatic heterocycles. The summed E-state index contributed by atoms with van der Waals surface area (Å²) in [5.74, 6) is -0.168. The number of nitrogens with zero attached hydrogens (tertiary/aromatic N) is 2. The van der Waals surface area contributed by atoms with Crippen LogP contribution in [-0.2, 0) is 12.0 Å². The van der Waals surface area contributed by atoms with Gasteiger partial charge >= 0.3 is 0 Å². The molecule has 2 heterocycles. The molecule has 0 fully saturated rings. The number of carbonyl (C=O) groups excluding carboxylic acids is 1. The van der Waals surface area contributed by atoms with E-state index in [0.29, 0.717) is 12.1 Å².